The average Bonchev–Trinajstić information content (AvgIpc) is 2.90. The third-order valence-electron chi connectivity index (χ3n) is 4.70. The predicted octanol–water partition coefficient (Wildman–Crippen LogP) is 2.60. The molecule has 3 nitrogen and oxygen atoms in total. The molecule has 1 amide bonds. The normalized spacial score (nSPS) is 29.4. The van der Waals surface area contributed by atoms with Gasteiger partial charge < -0.3 is 10.6 Å². The van der Waals surface area contributed by atoms with Crippen molar-refractivity contribution in [3.8, 4) is 0 Å². The van der Waals surface area contributed by atoms with Crippen LogP contribution in [0, 0.1) is 5.92 Å². The van der Waals surface area contributed by atoms with Crippen molar-refractivity contribution in [2.24, 2.45) is 5.92 Å². The maximum absolute atomic E-state index is 11.8. The molecule has 2 saturated carbocycles. The summed E-state index contributed by atoms with van der Waals surface area (Å²) in [6, 6.07) is 1.03. The number of carbonyl (C=O) groups excluding carboxylic acids is 1. The molecule has 0 radical (unpaired) electrons. The van der Waals surface area contributed by atoms with Crippen LogP contribution in [0.15, 0.2) is 0 Å². The van der Waals surface area contributed by atoms with Gasteiger partial charge in [0, 0.05) is 12.1 Å². The van der Waals surface area contributed by atoms with Gasteiger partial charge in [-0.1, -0.05) is 26.2 Å². The van der Waals surface area contributed by atoms with Crippen LogP contribution in [0.1, 0.15) is 64.7 Å². The second-order valence-electron chi connectivity index (χ2n) is 6.06. The molecule has 0 atom stereocenters. The van der Waals surface area contributed by atoms with Gasteiger partial charge in [-0.25, -0.2) is 0 Å². The molecule has 0 saturated heterocycles. The molecule has 2 rings (SSSR count). The second kappa shape index (κ2) is 7.13. The van der Waals surface area contributed by atoms with Crippen LogP contribution in [-0.2, 0) is 4.79 Å². The molecule has 2 N–H and O–H groups in total. The van der Waals surface area contributed by atoms with Gasteiger partial charge in [0.1, 0.15) is 0 Å². The Labute approximate surface area is 111 Å². The molecule has 0 aromatic rings. The highest BCUT2D eigenvalue weighted by molar-refractivity contribution is 5.78. The molecule has 0 unspecified atom stereocenters. The molecule has 0 spiro atoms. The first kappa shape index (κ1) is 13.9. The molecular weight excluding hydrogens is 224 g/mol. The van der Waals surface area contributed by atoms with Gasteiger partial charge >= 0.3 is 0 Å². The van der Waals surface area contributed by atoms with Crippen molar-refractivity contribution in [1.29, 1.82) is 0 Å². The minimum absolute atomic E-state index is 0.196. The van der Waals surface area contributed by atoms with Crippen molar-refractivity contribution in [2.45, 2.75) is 76.8 Å². The Balaban J connectivity index is 1.59. The van der Waals surface area contributed by atoms with E-state index >= 15 is 0 Å². The molecule has 2 aliphatic carbocycles. The quantitative estimate of drug-likeness (QED) is 0.789. The fourth-order valence-electron chi connectivity index (χ4n) is 3.36. The summed E-state index contributed by atoms with van der Waals surface area (Å²) in [5, 5.41) is 6.56. The first-order valence-electron chi connectivity index (χ1n) is 7.80. The van der Waals surface area contributed by atoms with Gasteiger partial charge in [0.2, 0.25) is 5.91 Å². The zero-order chi connectivity index (χ0) is 12.8. The highest BCUT2D eigenvalue weighted by Gasteiger charge is 2.21. The summed E-state index contributed by atoms with van der Waals surface area (Å²) >= 11 is 0. The van der Waals surface area contributed by atoms with Crippen molar-refractivity contribution in [3.63, 3.8) is 0 Å². The number of amides is 1. The smallest absolute Gasteiger partial charge is 0.234 e. The summed E-state index contributed by atoms with van der Waals surface area (Å²) < 4.78 is 0. The summed E-state index contributed by atoms with van der Waals surface area (Å²) in [5.41, 5.74) is 0. The van der Waals surface area contributed by atoms with E-state index in [2.05, 4.69) is 17.6 Å². The van der Waals surface area contributed by atoms with Crippen LogP contribution in [0.4, 0.5) is 0 Å². The van der Waals surface area contributed by atoms with E-state index in [-0.39, 0.29) is 5.91 Å². The Bertz CT molecular complexity index is 253. The van der Waals surface area contributed by atoms with Crippen molar-refractivity contribution >= 4 is 5.91 Å². The van der Waals surface area contributed by atoms with E-state index in [9.17, 15) is 4.79 Å². The minimum atomic E-state index is 0.196. The molecule has 2 fully saturated rings. The fourth-order valence-corrected chi connectivity index (χ4v) is 3.36. The molecule has 2 aliphatic rings. The Hall–Kier alpha value is -0.570. The first-order valence-corrected chi connectivity index (χ1v) is 7.80. The number of carbonyl (C=O) groups is 1. The molecule has 0 bridgehead atoms. The number of nitrogens with one attached hydrogen (secondary N) is 2. The lowest BCUT2D eigenvalue weighted by atomic mass is 9.84. The molecule has 18 heavy (non-hydrogen) atoms. The third kappa shape index (κ3) is 4.27. The zero-order valence-electron chi connectivity index (χ0n) is 11.7. The van der Waals surface area contributed by atoms with Gasteiger partial charge in [-0.05, 0) is 44.4 Å². The molecular formula is C15H28N2O. The van der Waals surface area contributed by atoms with Crippen LogP contribution >= 0.6 is 0 Å². The van der Waals surface area contributed by atoms with Crippen molar-refractivity contribution in [1.82, 2.24) is 10.6 Å². The average molecular weight is 252 g/mol. The Morgan fingerprint density at radius 2 is 1.67 bits per heavy atom. The molecule has 0 aliphatic heterocycles. The van der Waals surface area contributed by atoms with Crippen LogP contribution < -0.4 is 10.6 Å². The van der Waals surface area contributed by atoms with Gasteiger partial charge in [0.25, 0.3) is 0 Å². The van der Waals surface area contributed by atoms with Gasteiger partial charge in [-0.3, -0.25) is 4.79 Å². The number of hydrogen-bond acceptors (Lipinski definition) is 2. The lowest BCUT2D eigenvalue weighted by molar-refractivity contribution is -0.121. The molecule has 0 heterocycles. The van der Waals surface area contributed by atoms with Gasteiger partial charge in [0.05, 0.1) is 6.54 Å². The SMILES string of the molecule is CCC1CCC(NC(=O)CNC2CCCC2)CC1. The summed E-state index contributed by atoms with van der Waals surface area (Å²) in [4.78, 5) is 11.8. The van der Waals surface area contributed by atoms with E-state index < -0.39 is 0 Å². The number of hydrogen-bond donors (Lipinski definition) is 2. The Kier molecular flexibility index (Phi) is 5.48. The highest BCUT2D eigenvalue weighted by atomic mass is 16.1. The van der Waals surface area contributed by atoms with E-state index in [0.29, 0.717) is 18.6 Å². The molecule has 0 aromatic carbocycles. The predicted molar refractivity (Wildman–Crippen MR) is 74.4 cm³/mol. The second-order valence-corrected chi connectivity index (χ2v) is 6.06. The largest absolute Gasteiger partial charge is 0.352 e. The fraction of sp³-hybridized carbons (Fsp3) is 0.933. The number of rotatable bonds is 5. The minimum Gasteiger partial charge on any atom is -0.352 e. The first-order chi connectivity index (χ1) is 8.78. The van der Waals surface area contributed by atoms with Crippen LogP contribution in [-0.4, -0.2) is 24.5 Å². The Morgan fingerprint density at radius 1 is 1.00 bits per heavy atom. The summed E-state index contributed by atoms with van der Waals surface area (Å²) in [6.45, 7) is 2.79. The van der Waals surface area contributed by atoms with Crippen molar-refractivity contribution < 1.29 is 4.79 Å². The van der Waals surface area contributed by atoms with Crippen molar-refractivity contribution in [3.05, 3.63) is 0 Å². The molecule has 3 heteroatoms. The van der Waals surface area contributed by atoms with Crippen LogP contribution in [0.5, 0.6) is 0 Å². The standard InChI is InChI=1S/C15H28N2O/c1-2-12-7-9-14(10-8-12)17-15(18)11-16-13-5-3-4-6-13/h12-14,16H,2-11H2,1H3,(H,17,18). The van der Waals surface area contributed by atoms with Crippen LogP contribution in [0.3, 0.4) is 0 Å². The Morgan fingerprint density at radius 3 is 2.28 bits per heavy atom. The van der Waals surface area contributed by atoms with E-state index in [4.69, 9.17) is 0 Å². The van der Waals surface area contributed by atoms with E-state index in [1.807, 2.05) is 0 Å². The zero-order valence-corrected chi connectivity index (χ0v) is 11.7. The van der Waals surface area contributed by atoms with Gasteiger partial charge in [0.15, 0.2) is 0 Å². The highest BCUT2D eigenvalue weighted by Crippen LogP contribution is 2.26. The van der Waals surface area contributed by atoms with E-state index in [1.165, 1.54) is 57.8 Å². The monoisotopic (exact) mass is 252 g/mol. The maximum atomic E-state index is 11.8. The maximum Gasteiger partial charge on any atom is 0.234 e. The summed E-state index contributed by atoms with van der Waals surface area (Å²) in [6.07, 6.45) is 11.4. The van der Waals surface area contributed by atoms with Crippen molar-refractivity contribution in [2.75, 3.05) is 6.54 Å². The summed E-state index contributed by atoms with van der Waals surface area (Å²) in [7, 11) is 0. The molecule has 0 aromatic heterocycles. The van der Waals surface area contributed by atoms with Gasteiger partial charge in [-0.15, -0.1) is 0 Å². The summed E-state index contributed by atoms with van der Waals surface area (Å²) in [5.74, 6) is 1.09. The topological polar surface area (TPSA) is 41.1 Å². The van der Waals surface area contributed by atoms with Gasteiger partial charge in [-0.2, -0.15) is 0 Å². The third-order valence-corrected chi connectivity index (χ3v) is 4.70. The van der Waals surface area contributed by atoms with Crippen LogP contribution in [0.25, 0.3) is 0 Å². The lowest BCUT2D eigenvalue weighted by Gasteiger charge is -2.28. The van der Waals surface area contributed by atoms with E-state index in [0.717, 1.165) is 5.92 Å². The molecule has 104 valence electrons. The van der Waals surface area contributed by atoms with Crippen LogP contribution in [0.2, 0.25) is 0 Å². The lowest BCUT2D eigenvalue weighted by Crippen LogP contribution is -2.43. The van der Waals surface area contributed by atoms with E-state index in [1.54, 1.807) is 0 Å².